The molecule has 0 aromatic carbocycles. The van der Waals surface area contributed by atoms with Gasteiger partial charge in [0.2, 0.25) is 0 Å². The maximum Gasteiger partial charge on any atom is 0.254 e. The second-order valence-electron chi connectivity index (χ2n) is 4.03. The second-order valence-corrected chi connectivity index (χ2v) is 7.69. The average Bonchev–Trinajstić information content (AvgIpc) is 2.44. The van der Waals surface area contributed by atoms with Gasteiger partial charge in [0, 0.05) is 10.4 Å². The number of hydrogen-bond acceptors (Lipinski definition) is 2. The lowest BCUT2D eigenvalue weighted by Gasteiger charge is -2.29. The van der Waals surface area contributed by atoms with Crippen LogP contribution in [0.25, 0.3) is 0 Å². The van der Waals surface area contributed by atoms with Crippen molar-refractivity contribution in [3.63, 3.8) is 0 Å². The Labute approximate surface area is 117 Å². The third-order valence-electron chi connectivity index (χ3n) is 2.33. The summed E-state index contributed by atoms with van der Waals surface area (Å²) in [6.07, 6.45) is 0. The summed E-state index contributed by atoms with van der Waals surface area (Å²) >= 11 is 16.3. The standard InChI is InChI=1S/C10H12BrCl2NOS/c1-5(11)10(2,3)14-9(15)6-4-7(12)16-8(6)13/h4-5H,1-3H3,(H,14,15). The van der Waals surface area contributed by atoms with E-state index in [1.165, 1.54) is 11.3 Å². The highest BCUT2D eigenvalue weighted by Gasteiger charge is 2.27. The molecule has 1 aromatic heterocycles. The summed E-state index contributed by atoms with van der Waals surface area (Å²) in [5, 5.41) is 2.90. The van der Waals surface area contributed by atoms with Crippen LogP contribution in [0.1, 0.15) is 31.1 Å². The zero-order valence-electron chi connectivity index (χ0n) is 9.11. The van der Waals surface area contributed by atoms with Crippen molar-refractivity contribution in [2.75, 3.05) is 0 Å². The first-order valence-electron chi connectivity index (χ1n) is 4.65. The Morgan fingerprint density at radius 1 is 1.56 bits per heavy atom. The quantitative estimate of drug-likeness (QED) is 0.811. The van der Waals surface area contributed by atoms with Crippen molar-refractivity contribution in [2.45, 2.75) is 31.1 Å². The Morgan fingerprint density at radius 2 is 2.12 bits per heavy atom. The third kappa shape index (κ3) is 3.36. The number of carbonyl (C=O) groups excluding carboxylic acids is 1. The van der Waals surface area contributed by atoms with E-state index in [2.05, 4.69) is 21.2 Å². The molecule has 0 bridgehead atoms. The molecule has 0 aliphatic rings. The first kappa shape index (κ1) is 14.3. The molecule has 0 aliphatic carbocycles. The van der Waals surface area contributed by atoms with Crippen LogP contribution in [0, 0.1) is 0 Å². The van der Waals surface area contributed by atoms with Crippen molar-refractivity contribution in [3.8, 4) is 0 Å². The Morgan fingerprint density at radius 3 is 2.50 bits per heavy atom. The van der Waals surface area contributed by atoms with E-state index < -0.39 is 0 Å². The maximum absolute atomic E-state index is 11.9. The zero-order chi connectivity index (χ0) is 12.5. The van der Waals surface area contributed by atoms with Gasteiger partial charge >= 0.3 is 0 Å². The predicted octanol–water partition coefficient (Wildman–Crippen LogP) is 4.35. The molecule has 2 nitrogen and oxygen atoms in total. The molecule has 0 fully saturated rings. The van der Waals surface area contributed by atoms with Gasteiger partial charge in [-0.15, -0.1) is 11.3 Å². The Bertz CT molecular complexity index is 404. The van der Waals surface area contributed by atoms with Crippen LogP contribution in [-0.4, -0.2) is 16.3 Å². The van der Waals surface area contributed by atoms with Crippen molar-refractivity contribution in [2.24, 2.45) is 0 Å². The molecule has 90 valence electrons. The van der Waals surface area contributed by atoms with Gasteiger partial charge in [-0.05, 0) is 19.9 Å². The van der Waals surface area contributed by atoms with Gasteiger partial charge in [-0.3, -0.25) is 4.79 Å². The summed E-state index contributed by atoms with van der Waals surface area (Å²) in [6.45, 7) is 5.85. The molecule has 0 aliphatic heterocycles. The minimum atomic E-state index is -0.352. The molecule has 1 unspecified atom stereocenters. The molecule has 1 N–H and O–H groups in total. The molecule has 0 spiro atoms. The SMILES string of the molecule is CC(Br)C(C)(C)NC(=O)c1cc(Cl)sc1Cl. The number of amides is 1. The lowest BCUT2D eigenvalue weighted by Crippen LogP contribution is -2.48. The van der Waals surface area contributed by atoms with Gasteiger partial charge in [0.1, 0.15) is 4.34 Å². The minimum Gasteiger partial charge on any atom is -0.346 e. The Kier molecular flexibility index (Phi) is 4.69. The van der Waals surface area contributed by atoms with Crippen molar-refractivity contribution < 1.29 is 4.79 Å². The first-order valence-corrected chi connectivity index (χ1v) is 7.14. The molecule has 6 heteroatoms. The molecule has 0 radical (unpaired) electrons. The van der Waals surface area contributed by atoms with Gasteiger partial charge in [-0.1, -0.05) is 46.1 Å². The van der Waals surface area contributed by atoms with Crippen LogP contribution in [0.2, 0.25) is 8.67 Å². The smallest absolute Gasteiger partial charge is 0.254 e. The van der Waals surface area contributed by atoms with Crippen molar-refractivity contribution in [3.05, 3.63) is 20.3 Å². The lowest BCUT2D eigenvalue weighted by atomic mass is 10.0. The van der Waals surface area contributed by atoms with E-state index in [0.29, 0.717) is 14.2 Å². The average molecular weight is 345 g/mol. The summed E-state index contributed by atoms with van der Waals surface area (Å²) in [5.41, 5.74) is 0.0762. The van der Waals surface area contributed by atoms with Crippen LogP contribution in [-0.2, 0) is 0 Å². The molecule has 1 amide bonds. The number of rotatable bonds is 3. The zero-order valence-corrected chi connectivity index (χ0v) is 13.0. The van der Waals surface area contributed by atoms with Gasteiger partial charge in [-0.2, -0.15) is 0 Å². The fourth-order valence-corrected chi connectivity index (χ4v) is 2.53. The van der Waals surface area contributed by atoms with E-state index in [-0.39, 0.29) is 16.3 Å². The van der Waals surface area contributed by atoms with Crippen LogP contribution < -0.4 is 5.32 Å². The van der Waals surface area contributed by atoms with Crippen LogP contribution in [0.4, 0.5) is 0 Å². The van der Waals surface area contributed by atoms with E-state index >= 15 is 0 Å². The van der Waals surface area contributed by atoms with E-state index in [1.54, 1.807) is 6.07 Å². The molecular weight excluding hydrogens is 333 g/mol. The summed E-state index contributed by atoms with van der Waals surface area (Å²) in [7, 11) is 0. The highest BCUT2D eigenvalue weighted by molar-refractivity contribution is 9.09. The maximum atomic E-state index is 11.9. The van der Waals surface area contributed by atoms with E-state index in [1.807, 2.05) is 20.8 Å². The minimum absolute atomic E-state index is 0.150. The first-order chi connectivity index (χ1) is 7.24. The van der Waals surface area contributed by atoms with Gasteiger partial charge in [-0.25, -0.2) is 0 Å². The van der Waals surface area contributed by atoms with Crippen molar-refractivity contribution in [1.29, 1.82) is 0 Å². The monoisotopic (exact) mass is 343 g/mol. The Balaban J connectivity index is 2.85. The predicted molar refractivity (Wildman–Crippen MR) is 74.3 cm³/mol. The fourth-order valence-electron chi connectivity index (χ4n) is 0.954. The number of thiophene rings is 1. The molecular formula is C10H12BrCl2NOS. The molecule has 16 heavy (non-hydrogen) atoms. The van der Waals surface area contributed by atoms with E-state index in [0.717, 1.165) is 0 Å². The second kappa shape index (κ2) is 5.25. The third-order valence-corrected chi connectivity index (χ3v) is 4.96. The summed E-state index contributed by atoms with van der Waals surface area (Å²) in [5.74, 6) is -0.204. The molecule has 0 saturated heterocycles. The van der Waals surface area contributed by atoms with E-state index in [4.69, 9.17) is 23.2 Å². The van der Waals surface area contributed by atoms with Crippen LogP contribution >= 0.6 is 50.5 Å². The number of halogens is 3. The highest BCUT2D eigenvalue weighted by atomic mass is 79.9. The largest absolute Gasteiger partial charge is 0.346 e. The molecule has 1 heterocycles. The number of alkyl halides is 1. The molecule has 0 saturated carbocycles. The fraction of sp³-hybridized carbons (Fsp3) is 0.500. The van der Waals surface area contributed by atoms with Gasteiger partial charge in [0.05, 0.1) is 9.90 Å². The molecule has 1 atom stereocenters. The number of hydrogen-bond donors (Lipinski definition) is 1. The normalized spacial score (nSPS) is 13.6. The van der Waals surface area contributed by atoms with Gasteiger partial charge in [0.25, 0.3) is 5.91 Å². The number of carbonyl (C=O) groups is 1. The molecule has 1 rings (SSSR count). The van der Waals surface area contributed by atoms with Crippen LogP contribution in [0.3, 0.4) is 0 Å². The summed E-state index contributed by atoms with van der Waals surface area (Å²) < 4.78 is 0.931. The summed E-state index contributed by atoms with van der Waals surface area (Å²) in [6, 6.07) is 1.58. The lowest BCUT2D eigenvalue weighted by molar-refractivity contribution is 0.0914. The van der Waals surface area contributed by atoms with Crippen LogP contribution in [0.15, 0.2) is 6.07 Å². The summed E-state index contributed by atoms with van der Waals surface area (Å²) in [4.78, 5) is 12.1. The highest BCUT2D eigenvalue weighted by Crippen LogP contribution is 2.31. The van der Waals surface area contributed by atoms with E-state index in [9.17, 15) is 4.79 Å². The van der Waals surface area contributed by atoms with Crippen molar-refractivity contribution in [1.82, 2.24) is 5.32 Å². The van der Waals surface area contributed by atoms with Gasteiger partial charge < -0.3 is 5.32 Å². The van der Waals surface area contributed by atoms with Gasteiger partial charge in [0.15, 0.2) is 0 Å². The topological polar surface area (TPSA) is 29.1 Å². The van der Waals surface area contributed by atoms with Crippen molar-refractivity contribution >= 4 is 56.4 Å². The van der Waals surface area contributed by atoms with Crippen LogP contribution in [0.5, 0.6) is 0 Å². The Hall–Kier alpha value is 0.230. The molecule has 1 aromatic rings. The number of nitrogens with one attached hydrogen (secondary N) is 1.